The van der Waals surface area contributed by atoms with E-state index in [0.717, 1.165) is 45.6 Å². The van der Waals surface area contributed by atoms with Crippen LogP contribution in [0.1, 0.15) is 31.2 Å². The van der Waals surface area contributed by atoms with Crippen LogP contribution in [0.5, 0.6) is 0 Å². The van der Waals surface area contributed by atoms with Gasteiger partial charge in [-0.1, -0.05) is 6.42 Å². The van der Waals surface area contributed by atoms with Crippen molar-refractivity contribution in [1.82, 2.24) is 9.80 Å². The molecule has 20 heavy (non-hydrogen) atoms. The largest absolute Gasteiger partial charge is 0.472 e. The number of amides is 1. The minimum absolute atomic E-state index is 0.357. The van der Waals surface area contributed by atoms with Crippen molar-refractivity contribution in [3.63, 3.8) is 0 Å². The molecule has 4 nitrogen and oxygen atoms in total. The van der Waals surface area contributed by atoms with Crippen molar-refractivity contribution in [3.8, 4) is 0 Å². The van der Waals surface area contributed by atoms with E-state index in [1.54, 1.807) is 6.26 Å². The first-order valence-electron chi connectivity index (χ1n) is 7.76. The van der Waals surface area contributed by atoms with E-state index in [1.807, 2.05) is 12.3 Å². The van der Waals surface area contributed by atoms with Gasteiger partial charge in [-0.15, -0.1) is 0 Å². The fraction of sp³-hybridized carbons (Fsp3) is 0.688. The van der Waals surface area contributed by atoms with Gasteiger partial charge in [0.1, 0.15) is 0 Å². The molecule has 108 valence electrons. The topological polar surface area (TPSA) is 36.7 Å². The molecule has 1 aromatic rings. The predicted octanol–water partition coefficient (Wildman–Crippen LogP) is 2.11. The maximum absolute atomic E-state index is 12.2. The van der Waals surface area contributed by atoms with Gasteiger partial charge in [0, 0.05) is 43.1 Å². The van der Waals surface area contributed by atoms with E-state index in [-0.39, 0.29) is 0 Å². The van der Waals surface area contributed by atoms with Crippen molar-refractivity contribution in [3.05, 3.63) is 24.2 Å². The Morgan fingerprint density at radius 1 is 1.35 bits per heavy atom. The van der Waals surface area contributed by atoms with Crippen molar-refractivity contribution in [2.45, 2.75) is 32.2 Å². The van der Waals surface area contributed by atoms with Gasteiger partial charge in [0.25, 0.3) is 0 Å². The van der Waals surface area contributed by atoms with Crippen LogP contribution in [0, 0.1) is 11.3 Å². The highest BCUT2D eigenvalue weighted by atomic mass is 16.3. The monoisotopic (exact) mass is 274 g/mol. The Morgan fingerprint density at radius 3 is 2.85 bits per heavy atom. The highest BCUT2D eigenvalue weighted by Gasteiger charge is 2.50. The molecule has 4 rings (SSSR count). The van der Waals surface area contributed by atoms with Crippen LogP contribution in [-0.2, 0) is 11.3 Å². The van der Waals surface area contributed by atoms with Crippen LogP contribution in [0.25, 0.3) is 0 Å². The Morgan fingerprint density at radius 2 is 2.20 bits per heavy atom. The number of hydrogen-bond acceptors (Lipinski definition) is 3. The van der Waals surface area contributed by atoms with Gasteiger partial charge >= 0.3 is 0 Å². The molecule has 0 bridgehead atoms. The van der Waals surface area contributed by atoms with E-state index in [4.69, 9.17) is 4.42 Å². The second kappa shape index (κ2) is 4.62. The Balaban J connectivity index is 1.30. The molecule has 0 aromatic carbocycles. The van der Waals surface area contributed by atoms with Crippen LogP contribution in [0.4, 0.5) is 0 Å². The summed E-state index contributed by atoms with van der Waals surface area (Å²) in [6.07, 6.45) is 8.29. The molecule has 0 unspecified atom stereocenters. The van der Waals surface area contributed by atoms with E-state index >= 15 is 0 Å². The third-order valence-corrected chi connectivity index (χ3v) is 5.32. The number of hydrogen-bond donors (Lipinski definition) is 0. The Kier molecular flexibility index (Phi) is 2.88. The maximum Gasteiger partial charge on any atom is 0.225 e. The lowest BCUT2D eigenvalue weighted by atomic mass is 9.76. The number of rotatable bonds is 3. The summed E-state index contributed by atoms with van der Waals surface area (Å²) in [5, 5.41) is 0. The molecule has 2 saturated heterocycles. The smallest absolute Gasteiger partial charge is 0.225 e. The summed E-state index contributed by atoms with van der Waals surface area (Å²) in [5.41, 5.74) is 1.65. The van der Waals surface area contributed by atoms with Crippen LogP contribution in [0.2, 0.25) is 0 Å². The van der Waals surface area contributed by atoms with Crippen molar-refractivity contribution in [1.29, 1.82) is 0 Å². The highest BCUT2D eigenvalue weighted by Crippen LogP contribution is 2.42. The lowest BCUT2D eigenvalue weighted by Gasteiger charge is -2.50. The minimum atomic E-state index is 0.357. The van der Waals surface area contributed by atoms with Gasteiger partial charge in [-0.3, -0.25) is 9.69 Å². The molecule has 3 aliphatic rings. The van der Waals surface area contributed by atoms with Crippen molar-refractivity contribution >= 4 is 5.91 Å². The lowest BCUT2D eigenvalue weighted by Crippen LogP contribution is -2.61. The number of nitrogens with zero attached hydrogens (tertiary/aromatic N) is 2. The Bertz CT molecular complexity index is 487. The Hall–Kier alpha value is -1.29. The van der Waals surface area contributed by atoms with Crippen LogP contribution in [0.15, 0.2) is 23.0 Å². The average Bonchev–Trinajstić information content (AvgIpc) is 2.94. The van der Waals surface area contributed by atoms with E-state index < -0.39 is 0 Å². The van der Waals surface area contributed by atoms with Gasteiger partial charge in [-0.25, -0.2) is 0 Å². The molecule has 1 spiro atoms. The van der Waals surface area contributed by atoms with Gasteiger partial charge < -0.3 is 9.32 Å². The summed E-state index contributed by atoms with van der Waals surface area (Å²) in [6, 6.07) is 2.04. The average molecular weight is 274 g/mol. The molecular formula is C16H22N2O2. The summed E-state index contributed by atoms with van der Waals surface area (Å²) >= 11 is 0. The SMILES string of the molecule is O=C(C1CCC1)N1CC2(CCN(Cc3ccoc3)C2)C1. The lowest BCUT2D eigenvalue weighted by molar-refractivity contribution is -0.150. The second-order valence-corrected chi connectivity index (χ2v) is 6.91. The van der Waals surface area contributed by atoms with Crippen molar-refractivity contribution in [2.75, 3.05) is 26.2 Å². The van der Waals surface area contributed by atoms with E-state index in [1.165, 1.54) is 18.4 Å². The Labute approximate surface area is 119 Å². The van der Waals surface area contributed by atoms with Gasteiger partial charge in [-0.05, 0) is 31.9 Å². The third kappa shape index (κ3) is 2.06. The standard InChI is InChI=1S/C16H22N2O2/c19-15(14-2-1-3-14)18-11-16(12-18)5-6-17(10-16)8-13-4-7-20-9-13/h4,7,9,14H,1-3,5-6,8,10-12H2. The number of carbonyl (C=O) groups is 1. The molecule has 3 heterocycles. The highest BCUT2D eigenvalue weighted by molar-refractivity contribution is 5.80. The molecule has 1 saturated carbocycles. The summed E-state index contributed by atoms with van der Waals surface area (Å²) in [5.74, 6) is 0.783. The predicted molar refractivity (Wildman–Crippen MR) is 75.0 cm³/mol. The number of furan rings is 1. The minimum Gasteiger partial charge on any atom is -0.472 e. The van der Waals surface area contributed by atoms with Crippen LogP contribution < -0.4 is 0 Å². The molecule has 1 amide bonds. The molecular weight excluding hydrogens is 252 g/mol. The molecule has 1 aromatic heterocycles. The quantitative estimate of drug-likeness (QED) is 0.847. The van der Waals surface area contributed by atoms with Gasteiger partial charge in [0.15, 0.2) is 0 Å². The van der Waals surface area contributed by atoms with Gasteiger partial charge in [0.05, 0.1) is 12.5 Å². The van der Waals surface area contributed by atoms with E-state index in [2.05, 4.69) is 9.80 Å². The van der Waals surface area contributed by atoms with E-state index in [9.17, 15) is 4.79 Å². The van der Waals surface area contributed by atoms with Gasteiger partial charge in [-0.2, -0.15) is 0 Å². The zero-order chi connectivity index (χ0) is 13.6. The summed E-state index contributed by atoms with van der Waals surface area (Å²) in [4.78, 5) is 16.8. The molecule has 3 fully saturated rings. The normalized spacial score (nSPS) is 25.7. The third-order valence-electron chi connectivity index (χ3n) is 5.32. The molecule has 0 N–H and O–H groups in total. The fourth-order valence-corrected chi connectivity index (χ4v) is 3.89. The molecule has 4 heteroatoms. The van der Waals surface area contributed by atoms with Gasteiger partial charge in [0.2, 0.25) is 5.91 Å². The first-order valence-corrected chi connectivity index (χ1v) is 7.76. The molecule has 0 radical (unpaired) electrons. The molecule has 0 atom stereocenters. The summed E-state index contributed by atoms with van der Waals surface area (Å²) in [6.45, 7) is 5.24. The second-order valence-electron chi connectivity index (χ2n) is 6.91. The van der Waals surface area contributed by atoms with Crippen LogP contribution in [0.3, 0.4) is 0 Å². The maximum atomic E-state index is 12.2. The fourth-order valence-electron chi connectivity index (χ4n) is 3.89. The van der Waals surface area contributed by atoms with Crippen LogP contribution in [-0.4, -0.2) is 41.9 Å². The van der Waals surface area contributed by atoms with Crippen molar-refractivity contribution in [2.24, 2.45) is 11.3 Å². The molecule has 1 aliphatic carbocycles. The first-order chi connectivity index (χ1) is 9.74. The molecule has 2 aliphatic heterocycles. The first kappa shape index (κ1) is 12.5. The van der Waals surface area contributed by atoms with E-state index in [0.29, 0.717) is 17.2 Å². The summed E-state index contributed by atoms with van der Waals surface area (Å²) in [7, 11) is 0. The summed E-state index contributed by atoms with van der Waals surface area (Å²) < 4.78 is 5.13. The van der Waals surface area contributed by atoms with Crippen LogP contribution >= 0.6 is 0 Å². The zero-order valence-electron chi connectivity index (χ0n) is 11.9. The number of carbonyl (C=O) groups excluding carboxylic acids is 1. The van der Waals surface area contributed by atoms with Crippen molar-refractivity contribution < 1.29 is 9.21 Å². The zero-order valence-corrected chi connectivity index (χ0v) is 11.9. The number of likely N-dealkylation sites (tertiary alicyclic amines) is 2.